The van der Waals surface area contributed by atoms with Crippen molar-refractivity contribution in [2.75, 3.05) is 23.4 Å². The summed E-state index contributed by atoms with van der Waals surface area (Å²) in [4.78, 5) is 4.80. The number of nitrogens with zero attached hydrogens (tertiary/aromatic N) is 4. The largest absolute Gasteiger partial charge is 0.366 e. The minimum atomic E-state index is 0.0514. The Balaban J connectivity index is 1.65. The number of benzene rings is 2. The van der Waals surface area contributed by atoms with Crippen molar-refractivity contribution in [3.63, 3.8) is 0 Å². The highest BCUT2D eigenvalue weighted by Gasteiger charge is 2.34. The van der Waals surface area contributed by atoms with Gasteiger partial charge in [0, 0.05) is 24.3 Å². The Bertz CT molecular complexity index is 917. The molecule has 0 amide bonds. The molecule has 0 radical (unpaired) electrons. The van der Waals surface area contributed by atoms with Gasteiger partial charge in [0.2, 0.25) is 0 Å². The number of fused-ring (bicyclic) bond motifs is 1. The highest BCUT2D eigenvalue weighted by atomic mass is 79.9. The maximum atomic E-state index is 4.78. The monoisotopic (exact) mass is 410 g/mol. The maximum Gasteiger partial charge on any atom is 0.0822 e. The standard InChI is InChI=1S/C21H23BrN4/c1-21(2)15-25(19-10-9-16(22)13-20(19)24(21)3)14-17-11-12-26(23-17)18-7-5-4-6-8-18/h4-13H,14-15H2,1-3H3. The van der Waals surface area contributed by atoms with E-state index >= 15 is 0 Å². The van der Waals surface area contributed by atoms with Gasteiger partial charge in [-0.1, -0.05) is 34.1 Å². The van der Waals surface area contributed by atoms with E-state index in [2.05, 4.69) is 83.0 Å². The first-order chi connectivity index (χ1) is 12.4. The third-order valence-corrected chi connectivity index (χ3v) is 5.64. The molecule has 26 heavy (non-hydrogen) atoms. The predicted molar refractivity (Wildman–Crippen MR) is 111 cm³/mol. The Morgan fingerprint density at radius 3 is 2.58 bits per heavy atom. The molecule has 1 aromatic heterocycles. The second-order valence-corrected chi connectivity index (χ2v) is 8.36. The summed E-state index contributed by atoms with van der Waals surface area (Å²) >= 11 is 3.61. The number of likely N-dealkylation sites (N-methyl/N-ethyl adjacent to an activating group) is 1. The second-order valence-electron chi connectivity index (χ2n) is 7.45. The number of anilines is 2. The van der Waals surface area contributed by atoms with E-state index in [4.69, 9.17) is 5.10 Å². The van der Waals surface area contributed by atoms with Crippen molar-refractivity contribution in [1.29, 1.82) is 0 Å². The average molecular weight is 411 g/mol. The van der Waals surface area contributed by atoms with Crippen molar-refractivity contribution >= 4 is 27.3 Å². The Morgan fingerprint density at radius 1 is 1.04 bits per heavy atom. The van der Waals surface area contributed by atoms with Crippen LogP contribution in [0.1, 0.15) is 19.5 Å². The molecule has 2 aromatic carbocycles. The summed E-state index contributed by atoms with van der Waals surface area (Å²) in [5, 5.41) is 4.78. The van der Waals surface area contributed by atoms with Crippen LogP contribution in [0.25, 0.3) is 5.69 Å². The minimum absolute atomic E-state index is 0.0514. The van der Waals surface area contributed by atoms with Gasteiger partial charge in [0.25, 0.3) is 0 Å². The molecule has 0 saturated heterocycles. The molecule has 5 heteroatoms. The van der Waals surface area contributed by atoms with Crippen LogP contribution < -0.4 is 9.80 Å². The van der Waals surface area contributed by atoms with Gasteiger partial charge in [-0.3, -0.25) is 0 Å². The van der Waals surface area contributed by atoms with Gasteiger partial charge in [0.15, 0.2) is 0 Å². The van der Waals surface area contributed by atoms with E-state index in [1.54, 1.807) is 0 Å². The van der Waals surface area contributed by atoms with Crippen molar-refractivity contribution in [3.05, 3.63) is 71.0 Å². The van der Waals surface area contributed by atoms with Gasteiger partial charge >= 0.3 is 0 Å². The number of halogens is 1. The van der Waals surface area contributed by atoms with Crippen LogP contribution in [0.15, 0.2) is 65.3 Å². The van der Waals surface area contributed by atoms with Crippen LogP contribution in [-0.4, -0.2) is 28.9 Å². The van der Waals surface area contributed by atoms with Crippen LogP contribution in [0.2, 0.25) is 0 Å². The topological polar surface area (TPSA) is 24.3 Å². The van der Waals surface area contributed by atoms with Crippen molar-refractivity contribution < 1.29 is 0 Å². The summed E-state index contributed by atoms with van der Waals surface area (Å²) < 4.78 is 3.05. The van der Waals surface area contributed by atoms with Crippen LogP contribution in [0.5, 0.6) is 0 Å². The third kappa shape index (κ3) is 3.12. The van der Waals surface area contributed by atoms with E-state index in [0.717, 1.165) is 28.9 Å². The highest BCUT2D eigenvalue weighted by Crippen LogP contribution is 2.40. The molecule has 0 fully saturated rings. The lowest BCUT2D eigenvalue weighted by atomic mass is 9.96. The number of aromatic nitrogens is 2. The number of rotatable bonds is 3. The smallest absolute Gasteiger partial charge is 0.0822 e. The van der Waals surface area contributed by atoms with Crippen LogP contribution >= 0.6 is 15.9 Å². The van der Waals surface area contributed by atoms with Crippen LogP contribution in [0, 0.1) is 0 Å². The molecule has 0 N–H and O–H groups in total. The normalized spacial score (nSPS) is 15.8. The van der Waals surface area contributed by atoms with E-state index in [1.165, 1.54) is 11.4 Å². The predicted octanol–water partition coefficient (Wildman–Crippen LogP) is 4.87. The summed E-state index contributed by atoms with van der Waals surface area (Å²) in [5.41, 5.74) is 4.71. The molecular formula is C21H23BrN4. The lowest BCUT2D eigenvalue weighted by molar-refractivity contribution is 0.459. The quantitative estimate of drug-likeness (QED) is 0.615. The Hall–Kier alpha value is -2.27. The lowest BCUT2D eigenvalue weighted by Crippen LogP contribution is -2.54. The van der Waals surface area contributed by atoms with E-state index < -0.39 is 0 Å². The lowest BCUT2D eigenvalue weighted by Gasteiger charge is -2.48. The Labute approximate surface area is 163 Å². The van der Waals surface area contributed by atoms with E-state index in [9.17, 15) is 0 Å². The van der Waals surface area contributed by atoms with Gasteiger partial charge in [0.05, 0.1) is 34.8 Å². The molecule has 4 rings (SSSR count). The molecule has 0 aliphatic carbocycles. The fourth-order valence-corrected chi connectivity index (χ4v) is 3.87. The number of para-hydroxylation sites is 1. The van der Waals surface area contributed by atoms with Crippen molar-refractivity contribution in [2.45, 2.75) is 25.9 Å². The zero-order valence-electron chi connectivity index (χ0n) is 15.4. The summed E-state index contributed by atoms with van der Waals surface area (Å²) in [7, 11) is 2.17. The van der Waals surface area contributed by atoms with Gasteiger partial charge < -0.3 is 9.80 Å². The van der Waals surface area contributed by atoms with Crippen LogP contribution in [-0.2, 0) is 6.54 Å². The molecule has 0 bridgehead atoms. The van der Waals surface area contributed by atoms with Gasteiger partial charge in [-0.25, -0.2) is 4.68 Å². The SMILES string of the molecule is CN1c2cc(Br)ccc2N(Cc2ccn(-c3ccccc3)n2)CC1(C)C. The molecule has 0 atom stereocenters. The molecule has 134 valence electrons. The zero-order valence-corrected chi connectivity index (χ0v) is 16.9. The Morgan fingerprint density at radius 2 is 1.81 bits per heavy atom. The van der Waals surface area contributed by atoms with Crippen LogP contribution in [0.4, 0.5) is 11.4 Å². The summed E-state index contributed by atoms with van der Waals surface area (Å²) in [6.07, 6.45) is 2.04. The van der Waals surface area contributed by atoms with Crippen LogP contribution in [0.3, 0.4) is 0 Å². The number of hydrogen-bond acceptors (Lipinski definition) is 3. The van der Waals surface area contributed by atoms with Gasteiger partial charge in [-0.05, 0) is 50.2 Å². The molecule has 1 aliphatic heterocycles. The molecule has 0 spiro atoms. The number of hydrogen-bond donors (Lipinski definition) is 0. The molecule has 0 unspecified atom stereocenters. The van der Waals surface area contributed by atoms with Crippen molar-refractivity contribution in [1.82, 2.24) is 9.78 Å². The summed E-state index contributed by atoms with van der Waals surface area (Å²) in [6, 6.07) is 18.9. The molecule has 0 saturated carbocycles. The van der Waals surface area contributed by atoms with Gasteiger partial charge in [-0.15, -0.1) is 0 Å². The molecular weight excluding hydrogens is 388 g/mol. The third-order valence-electron chi connectivity index (χ3n) is 5.14. The summed E-state index contributed by atoms with van der Waals surface area (Å²) in [5.74, 6) is 0. The first-order valence-electron chi connectivity index (χ1n) is 8.82. The maximum absolute atomic E-state index is 4.78. The fraction of sp³-hybridized carbons (Fsp3) is 0.286. The minimum Gasteiger partial charge on any atom is -0.366 e. The molecule has 3 aromatic rings. The van der Waals surface area contributed by atoms with E-state index in [1.807, 2.05) is 29.1 Å². The highest BCUT2D eigenvalue weighted by molar-refractivity contribution is 9.10. The fourth-order valence-electron chi connectivity index (χ4n) is 3.52. The first kappa shape index (κ1) is 17.2. The Kier molecular flexibility index (Phi) is 4.27. The van der Waals surface area contributed by atoms with Crippen molar-refractivity contribution in [3.8, 4) is 5.69 Å². The van der Waals surface area contributed by atoms with E-state index in [0.29, 0.717) is 0 Å². The van der Waals surface area contributed by atoms with E-state index in [-0.39, 0.29) is 5.54 Å². The summed E-state index contributed by atoms with van der Waals surface area (Å²) in [6.45, 7) is 6.32. The molecule has 4 nitrogen and oxygen atoms in total. The van der Waals surface area contributed by atoms with Crippen molar-refractivity contribution in [2.24, 2.45) is 0 Å². The average Bonchev–Trinajstić information content (AvgIpc) is 3.08. The second kappa shape index (κ2) is 6.47. The zero-order chi connectivity index (χ0) is 18.3. The molecule has 2 heterocycles. The first-order valence-corrected chi connectivity index (χ1v) is 9.62. The van der Waals surface area contributed by atoms with Gasteiger partial charge in [0.1, 0.15) is 0 Å². The van der Waals surface area contributed by atoms with Gasteiger partial charge in [-0.2, -0.15) is 5.10 Å². The molecule has 1 aliphatic rings.